The van der Waals surface area contributed by atoms with Crippen molar-refractivity contribution in [1.29, 1.82) is 0 Å². The van der Waals surface area contributed by atoms with Gasteiger partial charge in [-0.3, -0.25) is 4.79 Å². The quantitative estimate of drug-likeness (QED) is 0.783. The van der Waals surface area contributed by atoms with E-state index in [2.05, 4.69) is 17.6 Å². The SMILES string of the molecule is CC1CC1NC(=O)CCNC(=O)OC(C)(C)C. The molecule has 0 aromatic heterocycles. The van der Waals surface area contributed by atoms with Crippen molar-refractivity contribution in [2.24, 2.45) is 5.92 Å². The Morgan fingerprint density at radius 3 is 2.41 bits per heavy atom. The van der Waals surface area contributed by atoms with Crippen LogP contribution in [0.3, 0.4) is 0 Å². The van der Waals surface area contributed by atoms with Crippen LogP contribution in [0.1, 0.15) is 40.5 Å². The van der Waals surface area contributed by atoms with E-state index in [0.29, 0.717) is 24.9 Å². The van der Waals surface area contributed by atoms with Crippen LogP contribution in [0, 0.1) is 5.92 Å². The number of hydrogen-bond acceptors (Lipinski definition) is 3. The van der Waals surface area contributed by atoms with E-state index in [1.54, 1.807) is 20.8 Å². The minimum atomic E-state index is -0.504. The molecule has 0 aromatic rings. The minimum Gasteiger partial charge on any atom is -0.444 e. The summed E-state index contributed by atoms with van der Waals surface area (Å²) in [5.41, 5.74) is -0.504. The minimum absolute atomic E-state index is 0.0181. The first-order chi connectivity index (χ1) is 7.78. The average Bonchev–Trinajstić information content (AvgIpc) is 2.77. The van der Waals surface area contributed by atoms with Gasteiger partial charge in [-0.2, -0.15) is 0 Å². The van der Waals surface area contributed by atoms with Crippen LogP contribution in [-0.2, 0) is 9.53 Å². The Morgan fingerprint density at radius 1 is 1.35 bits per heavy atom. The number of ether oxygens (including phenoxy) is 1. The highest BCUT2D eigenvalue weighted by Gasteiger charge is 2.33. The zero-order valence-electron chi connectivity index (χ0n) is 11.0. The Kier molecular flexibility index (Phi) is 4.37. The summed E-state index contributed by atoms with van der Waals surface area (Å²) in [5.74, 6) is 0.577. The second-order valence-electron chi connectivity index (χ2n) is 5.57. The van der Waals surface area contributed by atoms with Gasteiger partial charge in [-0.05, 0) is 33.1 Å². The topological polar surface area (TPSA) is 67.4 Å². The molecule has 0 aliphatic heterocycles. The molecule has 0 radical (unpaired) electrons. The average molecular weight is 242 g/mol. The van der Waals surface area contributed by atoms with E-state index in [9.17, 15) is 9.59 Å². The second-order valence-corrected chi connectivity index (χ2v) is 5.57. The molecule has 2 unspecified atom stereocenters. The standard InChI is InChI=1S/C12H22N2O3/c1-8-7-9(8)14-10(15)5-6-13-11(16)17-12(2,3)4/h8-9H,5-7H2,1-4H3,(H,13,16)(H,14,15). The van der Waals surface area contributed by atoms with E-state index >= 15 is 0 Å². The summed E-state index contributed by atoms with van der Waals surface area (Å²) < 4.78 is 5.05. The van der Waals surface area contributed by atoms with Crippen molar-refractivity contribution in [3.8, 4) is 0 Å². The predicted molar refractivity (Wildman–Crippen MR) is 64.6 cm³/mol. The molecule has 2 N–H and O–H groups in total. The maximum Gasteiger partial charge on any atom is 0.407 e. The molecular formula is C12H22N2O3. The third-order valence-electron chi connectivity index (χ3n) is 2.48. The first-order valence-corrected chi connectivity index (χ1v) is 6.04. The zero-order chi connectivity index (χ0) is 13.1. The van der Waals surface area contributed by atoms with Gasteiger partial charge in [0.25, 0.3) is 0 Å². The Morgan fingerprint density at radius 2 is 1.94 bits per heavy atom. The molecule has 1 fully saturated rings. The normalized spacial score (nSPS) is 22.8. The van der Waals surface area contributed by atoms with E-state index in [0.717, 1.165) is 6.42 Å². The van der Waals surface area contributed by atoms with Crippen LogP contribution in [0.5, 0.6) is 0 Å². The van der Waals surface area contributed by atoms with E-state index in [1.807, 2.05) is 0 Å². The molecule has 5 nitrogen and oxygen atoms in total. The van der Waals surface area contributed by atoms with E-state index in [1.165, 1.54) is 0 Å². The van der Waals surface area contributed by atoms with Gasteiger partial charge in [-0.1, -0.05) is 6.92 Å². The molecule has 0 spiro atoms. The van der Waals surface area contributed by atoms with Crippen molar-refractivity contribution < 1.29 is 14.3 Å². The summed E-state index contributed by atoms with van der Waals surface area (Å²) in [5, 5.41) is 5.45. The predicted octanol–water partition coefficient (Wildman–Crippen LogP) is 1.43. The van der Waals surface area contributed by atoms with Gasteiger partial charge in [0.15, 0.2) is 0 Å². The monoisotopic (exact) mass is 242 g/mol. The summed E-state index contributed by atoms with van der Waals surface area (Å²) in [4.78, 5) is 22.7. The van der Waals surface area contributed by atoms with Crippen molar-refractivity contribution in [2.75, 3.05) is 6.54 Å². The summed E-state index contributed by atoms with van der Waals surface area (Å²) >= 11 is 0. The number of carbonyl (C=O) groups excluding carboxylic acids is 2. The molecule has 1 rings (SSSR count). The van der Waals surface area contributed by atoms with Gasteiger partial charge >= 0.3 is 6.09 Å². The van der Waals surface area contributed by atoms with Crippen LogP contribution in [0.2, 0.25) is 0 Å². The van der Waals surface area contributed by atoms with E-state index in [4.69, 9.17) is 4.74 Å². The van der Waals surface area contributed by atoms with E-state index in [-0.39, 0.29) is 5.91 Å². The molecule has 98 valence electrons. The van der Waals surface area contributed by atoms with Crippen LogP contribution in [0.4, 0.5) is 4.79 Å². The van der Waals surface area contributed by atoms with Crippen LogP contribution in [0.25, 0.3) is 0 Å². The summed E-state index contributed by atoms with van der Waals surface area (Å²) in [6.45, 7) is 7.81. The van der Waals surface area contributed by atoms with Crippen LogP contribution < -0.4 is 10.6 Å². The first kappa shape index (κ1) is 13.8. The van der Waals surface area contributed by atoms with E-state index < -0.39 is 11.7 Å². The highest BCUT2D eigenvalue weighted by Crippen LogP contribution is 2.28. The highest BCUT2D eigenvalue weighted by molar-refractivity contribution is 5.77. The van der Waals surface area contributed by atoms with Gasteiger partial charge in [-0.25, -0.2) is 4.79 Å². The lowest BCUT2D eigenvalue weighted by molar-refractivity contribution is -0.121. The second kappa shape index (κ2) is 5.38. The Bertz CT molecular complexity index is 297. The molecular weight excluding hydrogens is 220 g/mol. The molecule has 2 amide bonds. The third-order valence-corrected chi connectivity index (χ3v) is 2.48. The first-order valence-electron chi connectivity index (χ1n) is 6.04. The lowest BCUT2D eigenvalue weighted by atomic mass is 10.2. The fourth-order valence-corrected chi connectivity index (χ4v) is 1.39. The van der Waals surface area contributed by atoms with Crippen molar-refractivity contribution in [1.82, 2.24) is 10.6 Å². The maximum absolute atomic E-state index is 11.4. The number of nitrogens with one attached hydrogen (secondary N) is 2. The van der Waals surface area contributed by atoms with Gasteiger partial charge in [0.05, 0.1) is 0 Å². The number of rotatable bonds is 4. The number of hydrogen-bond donors (Lipinski definition) is 2. The molecule has 17 heavy (non-hydrogen) atoms. The number of amides is 2. The Labute approximate surface area is 102 Å². The molecule has 2 atom stereocenters. The Hall–Kier alpha value is -1.26. The molecule has 1 aliphatic carbocycles. The van der Waals surface area contributed by atoms with Gasteiger partial charge < -0.3 is 15.4 Å². The smallest absolute Gasteiger partial charge is 0.407 e. The summed E-state index contributed by atoms with van der Waals surface area (Å²) in [6, 6.07) is 0.337. The number of alkyl carbamates (subject to hydrolysis) is 1. The van der Waals surface area contributed by atoms with Gasteiger partial charge in [0.2, 0.25) is 5.91 Å². The lowest BCUT2D eigenvalue weighted by Crippen LogP contribution is -2.35. The molecule has 0 aromatic carbocycles. The van der Waals surface area contributed by atoms with Crippen molar-refractivity contribution in [2.45, 2.75) is 52.2 Å². The molecule has 0 saturated heterocycles. The summed E-state index contributed by atoms with van der Waals surface area (Å²) in [7, 11) is 0. The fraction of sp³-hybridized carbons (Fsp3) is 0.833. The van der Waals surface area contributed by atoms with Crippen molar-refractivity contribution in [3.05, 3.63) is 0 Å². The van der Waals surface area contributed by atoms with Gasteiger partial charge in [-0.15, -0.1) is 0 Å². The molecule has 5 heteroatoms. The van der Waals surface area contributed by atoms with Crippen LogP contribution in [-0.4, -0.2) is 30.2 Å². The largest absolute Gasteiger partial charge is 0.444 e. The number of carbonyl (C=O) groups is 2. The van der Waals surface area contributed by atoms with Gasteiger partial charge in [0.1, 0.15) is 5.60 Å². The maximum atomic E-state index is 11.4. The van der Waals surface area contributed by atoms with Crippen molar-refractivity contribution >= 4 is 12.0 Å². The third kappa shape index (κ3) is 6.14. The van der Waals surface area contributed by atoms with Gasteiger partial charge in [0, 0.05) is 19.0 Å². The zero-order valence-corrected chi connectivity index (χ0v) is 11.0. The molecule has 0 heterocycles. The molecule has 0 bridgehead atoms. The molecule has 1 aliphatic rings. The molecule has 1 saturated carbocycles. The lowest BCUT2D eigenvalue weighted by Gasteiger charge is -2.19. The summed E-state index contributed by atoms with van der Waals surface area (Å²) in [6.07, 6.45) is 0.873. The van der Waals surface area contributed by atoms with Crippen molar-refractivity contribution in [3.63, 3.8) is 0 Å². The fourth-order valence-electron chi connectivity index (χ4n) is 1.39. The Balaban J connectivity index is 2.06. The van der Waals surface area contributed by atoms with Crippen LogP contribution in [0.15, 0.2) is 0 Å². The van der Waals surface area contributed by atoms with Crippen LogP contribution >= 0.6 is 0 Å². The highest BCUT2D eigenvalue weighted by atomic mass is 16.6.